The second-order valence-electron chi connectivity index (χ2n) is 8.17. The summed E-state index contributed by atoms with van der Waals surface area (Å²) < 4.78 is 1.60. The fraction of sp³-hybridized carbons (Fsp3) is 0.409. The molecule has 5 rings (SSSR count). The molecule has 1 aromatic carbocycles. The summed E-state index contributed by atoms with van der Waals surface area (Å²) in [5.74, 6) is 0.132. The van der Waals surface area contributed by atoms with Crippen LogP contribution in [0.4, 0.5) is 0 Å². The number of benzene rings is 1. The molecular weight excluding hydrogens is 382 g/mol. The molecule has 1 saturated heterocycles. The third-order valence-corrected chi connectivity index (χ3v) is 6.26. The number of fused-ring (bicyclic) bond motifs is 2. The highest BCUT2D eigenvalue weighted by atomic mass is 16.2. The lowest BCUT2D eigenvalue weighted by Gasteiger charge is -2.32. The van der Waals surface area contributed by atoms with Crippen molar-refractivity contribution in [2.24, 2.45) is 5.92 Å². The van der Waals surface area contributed by atoms with Gasteiger partial charge >= 0.3 is 0 Å². The molecule has 0 bridgehead atoms. The summed E-state index contributed by atoms with van der Waals surface area (Å²) in [6, 6.07) is 8.75. The Morgan fingerprint density at radius 2 is 1.87 bits per heavy atom. The molecule has 0 saturated carbocycles. The number of piperidine rings is 1. The summed E-state index contributed by atoms with van der Waals surface area (Å²) in [6.45, 7) is 1.78. The molecule has 1 aliphatic carbocycles. The summed E-state index contributed by atoms with van der Waals surface area (Å²) in [6.07, 6.45) is 4.57. The Bertz CT molecular complexity index is 1240. The molecule has 8 heteroatoms. The highest BCUT2D eigenvalue weighted by molar-refractivity contribution is 6.04. The minimum absolute atomic E-state index is 0.0296. The maximum Gasteiger partial charge on any atom is 0.274 e. The zero-order chi connectivity index (χ0) is 20.7. The molecular formula is C22H23N5O3. The van der Waals surface area contributed by atoms with Crippen molar-refractivity contribution in [1.82, 2.24) is 24.9 Å². The number of hydrogen-bond acceptors (Lipinski definition) is 5. The Kier molecular flexibility index (Phi) is 4.69. The minimum Gasteiger partial charge on any atom is -0.337 e. The number of likely N-dealkylation sites (tertiary alicyclic amines) is 1. The zero-order valence-electron chi connectivity index (χ0n) is 16.6. The van der Waals surface area contributed by atoms with Crippen LogP contribution < -0.4 is 11.1 Å². The second-order valence-corrected chi connectivity index (χ2v) is 8.17. The topological polar surface area (TPSA) is 101 Å². The Hall–Kier alpha value is -3.29. The largest absolute Gasteiger partial charge is 0.337 e. The summed E-state index contributed by atoms with van der Waals surface area (Å²) in [5, 5.41) is 12.1. The molecule has 0 atom stereocenters. The van der Waals surface area contributed by atoms with Gasteiger partial charge in [-0.05, 0) is 49.7 Å². The number of aryl methyl sites for hydroxylation is 2. The van der Waals surface area contributed by atoms with E-state index in [-0.39, 0.29) is 22.7 Å². The molecule has 8 nitrogen and oxygen atoms in total. The van der Waals surface area contributed by atoms with Gasteiger partial charge in [0.15, 0.2) is 5.69 Å². The van der Waals surface area contributed by atoms with E-state index in [0.717, 1.165) is 43.4 Å². The van der Waals surface area contributed by atoms with Crippen molar-refractivity contribution in [2.75, 3.05) is 13.1 Å². The Balaban J connectivity index is 1.29. The van der Waals surface area contributed by atoms with E-state index in [1.54, 1.807) is 39.9 Å². The lowest BCUT2D eigenvalue weighted by atomic mass is 9.96. The number of H-pyrrole nitrogens is 1. The first-order chi connectivity index (χ1) is 14.6. The van der Waals surface area contributed by atoms with Gasteiger partial charge in [-0.15, -0.1) is 0 Å². The molecule has 2 aromatic heterocycles. The molecule has 1 N–H and O–H groups in total. The monoisotopic (exact) mass is 405 g/mol. The van der Waals surface area contributed by atoms with Gasteiger partial charge in [0.05, 0.1) is 11.1 Å². The number of aromatic amines is 1. The van der Waals surface area contributed by atoms with Gasteiger partial charge in [-0.3, -0.25) is 14.4 Å². The van der Waals surface area contributed by atoms with Gasteiger partial charge in [0, 0.05) is 31.1 Å². The van der Waals surface area contributed by atoms with E-state index in [1.165, 1.54) is 0 Å². The van der Waals surface area contributed by atoms with E-state index in [1.807, 2.05) is 0 Å². The van der Waals surface area contributed by atoms with Crippen molar-refractivity contribution in [3.8, 4) is 0 Å². The van der Waals surface area contributed by atoms with Gasteiger partial charge in [-0.25, -0.2) is 9.78 Å². The van der Waals surface area contributed by atoms with E-state index in [4.69, 9.17) is 0 Å². The number of aromatic nitrogens is 4. The lowest BCUT2D eigenvalue weighted by molar-refractivity contribution is 0.0675. The van der Waals surface area contributed by atoms with E-state index >= 15 is 0 Å². The van der Waals surface area contributed by atoms with Crippen LogP contribution in [0.3, 0.4) is 0 Å². The number of rotatable bonds is 3. The first-order valence-electron chi connectivity index (χ1n) is 10.5. The normalized spacial score (nSPS) is 16.7. The molecule has 3 aromatic rings. The molecule has 2 aliphatic rings. The van der Waals surface area contributed by atoms with Crippen LogP contribution in [-0.4, -0.2) is 43.9 Å². The quantitative estimate of drug-likeness (QED) is 0.712. The number of amides is 1. The molecule has 0 spiro atoms. The standard InChI is InChI=1S/C22H23N5O3/c28-19-12-15-4-3-7-18(15)25-27(19)13-14-8-10-26(11-9-14)22(30)20-16-5-1-2-6-17(16)21(29)24-23-20/h1-2,5-6,12,14H,3-4,7-11,13H2,(H,24,29). The van der Waals surface area contributed by atoms with Crippen molar-refractivity contribution in [1.29, 1.82) is 0 Å². The maximum atomic E-state index is 13.0. The van der Waals surface area contributed by atoms with Gasteiger partial charge in [-0.1, -0.05) is 18.2 Å². The van der Waals surface area contributed by atoms with E-state index < -0.39 is 0 Å². The van der Waals surface area contributed by atoms with E-state index in [2.05, 4.69) is 15.3 Å². The van der Waals surface area contributed by atoms with Crippen LogP contribution in [0.15, 0.2) is 39.9 Å². The average molecular weight is 405 g/mol. The Morgan fingerprint density at radius 1 is 1.10 bits per heavy atom. The fourth-order valence-electron chi connectivity index (χ4n) is 4.56. The van der Waals surface area contributed by atoms with Gasteiger partial charge < -0.3 is 4.90 Å². The highest BCUT2D eigenvalue weighted by Gasteiger charge is 2.27. The van der Waals surface area contributed by atoms with Crippen LogP contribution >= 0.6 is 0 Å². The lowest BCUT2D eigenvalue weighted by Crippen LogP contribution is -2.41. The number of nitrogens with one attached hydrogen (secondary N) is 1. The third-order valence-electron chi connectivity index (χ3n) is 6.26. The van der Waals surface area contributed by atoms with Crippen molar-refractivity contribution < 1.29 is 4.79 Å². The molecule has 3 heterocycles. The molecule has 30 heavy (non-hydrogen) atoms. The van der Waals surface area contributed by atoms with Gasteiger partial charge in [0.2, 0.25) is 0 Å². The summed E-state index contributed by atoms with van der Waals surface area (Å²) in [7, 11) is 0. The molecule has 154 valence electrons. The van der Waals surface area contributed by atoms with Gasteiger partial charge in [-0.2, -0.15) is 10.2 Å². The predicted octanol–water partition coefficient (Wildman–Crippen LogP) is 1.52. The number of carbonyl (C=O) groups excluding carboxylic acids is 1. The summed E-state index contributed by atoms with van der Waals surface area (Å²) >= 11 is 0. The highest BCUT2D eigenvalue weighted by Crippen LogP contribution is 2.22. The van der Waals surface area contributed by atoms with Crippen molar-refractivity contribution in [3.05, 3.63) is 68.0 Å². The number of carbonyl (C=O) groups is 1. The van der Waals surface area contributed by atoms with Crippen molar-refractivity contribution in [3.63, 3.8) is 0 Å². The SMILES string of the molecule is O=C(c1n[nH]c(=O)c2ccccc12)N1CCC(Cn2nc3c(cc2=O)CCC3)CC1. The van der Waals surface area contributed by atoms with Gasteiger partial charge in [0.1, 0.15) is 0 Å². The fourth-order valence-corrected chi connectivity index (χ4v) is 4.56. The van der Waals surface area contributed by atoms with Crippen LogP contribution in [0, 0.1) is 5.92 Å². The number of hydrogen-bond donors (Lipinski definition) is 1. The minimum atomic E-state index is -0.298. The first kappa shape index (κ1) is 18.7. The van der Waals surface area contributed by atoms with Crippen molar-refractivity contribution in [2.45, 2.75) is 38.6 Å². The average Bonchev–Trinajstić information content (AvgIpc) is 3.22. The Labute approximate surface area is 172 Å². The second kappa shape index (κ2) is 7.51. The van der Waals surface area contributed by atoms with E-state index in [0.29, 0.717) is 36.3 Å². The third kappa shape index (κ3) is 3.32. The molecule has 0 unspecified atom stereocenters. The maximum absolute atomic E-state index is 13.0. The van der Waals surface area contributed by atoms with E-state index in [9.17, 15) is 14.4 Å². The van der Waals surface area contributed by atoms with Crippen molar-refractivity contribution >= 4 is 16.7 Å². The van der Waals surface area contributed by atoms with Gasteiger partial charge in [0.25, 0.3) is 17.0 Å². The summed E-state index contributed by atoms with van der Waals surface area (Å²) in [4.78, 5) is 39.2. The zero-order valence-corrected chi connectivity index (χ0v) is 16.6. The molecule has 1 aliphatic heterocycles. The van der Waals surface area contributed by atoms with Crippen LogP contribution in [0.2, 0.25) is 0 Å². The van der Waals surface area contributed by atoms with Crippen LogP contribution in [0.1, 0.15) is 41.0 Å². The first-order valence-corrected chi connectivity index (χ1v) is 10.5. The predicted molar refractivity (Wildman–Crippen MR) is 112 cm³/mol. The Morgan fingerprint density at radius 3 is 2.67 bits per heavy atom. The molecule has 0 radical (unpaired) electrons. The number of nitrogens with zero attached hydrogens (tertiary/aromatic N) is 4. The van der Waals surface area contributed by atoms with Crippen LogP contribution in [0.25, 0.3) is 10.8 Å². The molecule has 1 amide bonds. The molecule has 1 fully saturated rings. The summed E-state index contributed by atoms with van der Waals surface area (Å²) in [5.41, 5.74) is 2.10. The smallest absolute Gasteiger partial charge is 0.274 e. The van der Waals surface area contributed by atoms with Crippen LogP contribution in [0.5, 0.6) is 0 Å². The van der Waals surface area contributed by atoms with Crippen LogP contribution in [-0.2, 0) is 19.4 Å².